The predicted molar refractivity (Wildman–Crippen MR) is 65.8 cm³/mol. The highest BCUT2D eigenvalue weighted by Gasteiger charge is 2.18. The lowest BCUT2D eigenvalue weighted by atomic mass is 10.3. The Bertz CT molecular complexity index is 699. The lowest BCUT2D eigenvalue weighted by Gasteiger charge is -2.09. The number of nitrogen functional groups attached to an aromatic ring is 1. The second-order valence-corrected chi connectivity index (χ2v) is 5.30. The Balaban J connectivity index is 2.39. The van der Waals surface area contributed by atoms with E-state index in [0.717, 1.165) is 12.1 Å². The van der Waals surface area contributed by atoms with E-state index >= 15 is 0 Å². The molecule has 0 spiro atoms. The van der Waals surface area contributed by atoms with Gasteiger partial charge in [-0.3, -0.25) is 4.72 Å². The number of nitrogens with zero attached hydrogens (tertiary/aromatic N) is 1. The number of halogens is 2. The third-order valence-corrected chi connectivity index (χ3v) is 3.63. The number of sulfonamides is 1. The van der Waals surface area contributed by atoms with E-state index in [-0.39, 0.29) is 16.4 Å². The van der Waals surface area contributed by atoms with Gasteiger partial charge in [-0.2, -0.15) is 0 Å². The van der Waals surface area contributed by atoms with Gasteiger partial charge in [-0.15, -0.1) is 0 Å². The molecule has 0 unspecified atom stereocenters. The standard InChI is InChI=1S/C11H9F2N3O2S/c12-7-4-8(13)6-9(5-7)16-19(17,18)10-2-1-3-15-11(10)14/h1-6,16H,(H2,14,15). The van der Waals surface area contributed by atoms with E-state index in [0.29, 0.717) is 6.07 Å². The minimum atomic E-state index is -4.05. The van der Waals surface area contributed by atoms with Crippen LogP contribution in [0.3, 0.4) is 0 Å². The molecule has 3 N–H and O–H groups in total. The van der Waals surface area contributed by atoms with Gasteiger partial charge in [0.25, 0.3) is 10.0 Å². The van der Waals surface area contributed by atoms with Gasteiger partial charge in [-0.05, 0) is 24.3 Å². The zero-order valence-electron chi connectivity index (χ0n) is 9.47. The van der Waals surface area contributed by atoms with Crippen LogP contribution in [0.25, 0.3) is 0 Å². The first-order chi connectivity index (χ1) is 8.88. The first kappa shape index (κ1) is 13.2. The molecule has 0 atom stereocenters. The molecule has 0 fully saturated rings. The smallest absolute Gasteiger partial charge is 0.265 e. The Labute approximate surface area is 108 Å². The fraction of sp³-hybridized carbons (Fsp3) is 0. The molecule has 1 aromatic heterocycles. The van der Waals surface area contributed by atoms with E-state index in [2.05, 4.69) is 4.98 Å². The minimum Gasteiger partial charge on any atom is -0.383 e. The lowest BCUT2D eigenvalue weighted by molar-refractivity contribution is 0.584. The molecular weight excluding hydrogens is 276 g/mol. The van der Waals surface area contributed by atoms with Gasteiger partial charge in [0, 0.05) is 12.3 Å². The first-order valence-corrected chi connectivity index (χ1v) is 6.56. The van der Waals surface area contributed by atoms with Gasteiger partial charge in [0.1, 0.15) is 22.3 Å². The summed E-state index contributed by atoms with van der Waals surface area (Å²) in [6.07, 6.45) is 1.33. The number of pyridine rings is 1. The fourth-order valence-corrected chi connectivity index (χ4v) is 2.58. The maximum Gasteiger partial charge on any atom is 0.265 e. The van der Waals surface area contributed by atoms with E-state index in [1.165, 1.54) is 18.3 Å². The molecule has 19 heavy (non-hydrogen) atoms. The summed E-state index contributed by atoms with van der Waals surface area (Å²) in [4.78, 5) is 3.37. The second kappa shape index (κ2) is 4.81. The highest BCUT2D eigenvalue weighted by Crippen LogP contribution is 2.20. The van der Waals surface area contributed by atoms with Crippen LogP contribution in [0, 0.1) is 11.6 Å². The third kappa shape index (κ3) is 2.97. The van der Waals surface area contributed by atoms with E-state index < -0.39 is 21.7 Å². The quantitative estimate of drug-likeness (QED) is 0.899. The summed E-state index contributed by atoms with van der Waals surface area (Å²) in [6.45, 7) is 0. The number of hydrogen-bond acceptors (Lipinski definition) is 4. The molecule has 2 rings (SSSR count). The number of hydrogen-bond donors (Lipinski definition) is 2. The fourth-order valence-electron chi connectivity index (χ4n) is 1.45. The van der Waals surface area contributed by atoms with Crippen LogP contribution in [0.2, 0.25) is 0 Å². The van der Waals surface area contributed by atoms with Crippen LogP contribution < -0.4 is 10.5 Å². The summed E-state index contributed by atoms with van der Waals surface area (Å²) in [7, 11) is -4.05. The van der Waals surface area contributed by atoms with Gasteiger partial charge >= 0.3 is 0 Å². The molecule has 2 aromatic rings. The monoisotopic (exact) mass is 285 g/mol. The van der Waals surface area contributed by atoms with Crippen molar-refractivity contribution in [2.75, 3.05) is 10.5 Å². The first-order valence-electron chi connectivity index (χ1n) is 5.08. The van der Waals surface area contributed by atoms with E-state index in [9.17, 15) is 17.2 Å². The van der Waals surface area contributed by atoms with Crippen molar-refractivity contribution in [2.45, 2.75) is 4.90 Å². The Hall–Kier alpha value is -2.22. The van der Waals surface area contributed by atoms with Crippen molar-refractivity contribution in [3.8, 4) is 0 Å². The van der Waals surface area contributed by atoms with Crippen molar-refractivity contribution < 1.29 is 17.2 Å². The van der Waals surface area contributed by atoms with Crippen LogP contribution in [0.4, 0.5) is 20.3 Å². The van der Waals surface area contributed by atoms with Crippen LogP contribution in [0.1, 0.15) is 0 Å². The van der Waals surface area contributed by atoms with Gasteiger partial charge in [0.05, 0.1) is 5.69 Å². The summed E-state index contributed by atoms with van der Waals surface area (Å²) < 4.78 is 51.9. The Morgan fingerprint density at radius 1 is 1.16 bits per heavy atom. The molecule has 100 valence electrons. The molecule has 0 bridgehead atoms. The SMILES string of the molecule is Nc1ncccc1S(=O)(=O)Nc1cc(F)cc(F)c1. The van der Waals surface area contributed by atoms with Crippen LogP contribution >= 0.6 is 0 Å². The largest absolute Gasteiger partial charge is 0.383 e. The molecule has 0 aliphatic rings. The normalized spacial score (nSPS) is 11.3. The van der Waals surface area contributed by atoms with Gasteiger partial charge < -0.3 is 5.73 Å². The maximum atomic E-state index is 13.0. The maximum absolute atomic E-state index is 13.0. The molecule has 1 heterocycles. The summed E-state index contributed by atoms with van der Waals surface area (Å²) in [5, 5.41) is 0. The highest BCUT2D eigenvalue weighted by atomic mass is 32.2. The van der Waals surface area contributed by atoms with Crippen molar-refractivity contribution >= 4 is 21.5 Å². The summed E-state index contributed by atoms with van der Waals surface area (Å²) in [5.74, 6) is -1.99. The number of benzene rings is 1. The van der Waals surface area contributed by atoms with Crippen molar-refractivity contribution in [3.05, 3.63) is 48.2 Å². The van der Waals surface area contributed by atoms with E-state index in [1.54, 1.807) is 0 Å². The number of aromatic nitrogens is 1. The second-order valence-electron chi connectivity index (χ2n) is 3.65. The molecule has 0 aliphatic carbocycles. The van der Waals surface area contributed by atoms with Crippen molar-refractivity contribution in [2.24, 2.45) is 0 Å². The van der Waals surface area contributed by atoms with Gasteiger partial charge in [-0.25, -0.2) is 22.2 Å². The van der Waals surface area contributed by atoms with Crippen LogP contribution in [0.5, 0.6) is 0 Å². The summed E-state index contributed by atoms with van der Waals surface area (Å²) >= 11 is 0. The Morgan fingerprint density at radius 3 is 2.37 bits per heavy atom. The number of anilines is 2. The van der Waals surface area contributed by atoms with Crippen molar-refractivity contribution in [1.29, 1.82) is 0 Å². The molecule has 0 radical (unpaired) electrons. The average Bonchev–Trinajstić information content (AvgIpc) is 2.26. The highest BCUT2D eigenvalue weighted by molar-refractivity contribution is 7.92. The van der Waals surface area contributed by atoms with E-state index in [1.807, 2.05) is 4.72 Å². The van der Waals surface area contributed by atoms with Crippen LogP contribution in [-0.2, 0) is 10.0 Å². The zero-order valence-corrected chi connectivity index (χ0v) is 10.3. The Kier molecular flexibility index (Phi) is 3.34. The molecule has 8 heteroatoms. The minimum absolute atomic E-state index is 0.202. The summed E-state index contributed by atoms with van der Waals surface area (Å²) in [6, 6.07) is 4.97. The van der Waals surface area contributed by atoms with Crippen molar-refractivity contribution in [1.82, 2.24) is 4.98 Å². The number of rotatable bonds is 3. The number of nitrogens with two attached hydrogens (primary N) is 1. The van der Waals surface area contributed by atoms with Gasteiger partial charge in [-0.1, -0.05) is 0 Å². The zero-order chi connectivity index (χ0) is 14.0. The number of nitrogens with one attached hydrogen (secondary N) is 1. The molecule has 0 saturated heterocycles. The van der Waals surface area contributed by atoms with Gasteiger partial charge in [0.15, 0.2) is 0 Å². The van der Waals surface area contributed by atoms with Crippen LogP contribution in [-0.4, -0.2) is 13.4 Å². The molecule has 1 aromatic carbocycles. The third-order valence-electron chi connectivity index (χ3n) is 2.20. The average molecular weight is 285 g/mol. The lowest BCUT2D eigenvalue weighted by Crippen LogP contribution is -2.15. The topological polar surface area (TPSA) is 85.1 Å². The predicted octanol–water partition coefficient (Wildman–Crippen LogP) is 1.74. The van der Waals surface area contributed by atoms with Crippen LogP contribution in [0.15, 0.2) is 41.4 Å². The summed E-state index contributed by atoms with van der Waals surface area (Å²) in [5.41, 5.74) is 5.21. The van der Waals surface area contributed by atoms with E-state index in [4.69, 9.17) is 5.73 Å². The molecule has 0 aliphatic heterocycles. The molecular formula is C11H9F2N3O2S. The van der Waals surface area contributed by atoms with Crippen molar-refractivity contribution in [3.63, 3.8) is 0 Å². The Morgan fingerprint density at radius 2 is 1.79 bits per heavy atom. The molecule has 0 saturated carbocycles. The molecule has 0 amide bonds. The van der Waals surface area contributed by atoms with Gasteiger partial charge in [0.2, 0.25) is 0 Å². The molecule has 5 nitrogen and oxygen atoms in total.